The monoisotopic (exact) mass is 190 g/mol. The summed E-state index contributed by atoms with van der Waals surface area (Å²) in [6.45, 7) is 9.98. The van der Waals surface area contributed by atoms with Crippen molar-refractivity contribution in [3.63, 3.8) is 0 Å². The molecule has 0 aliphatic carbocycles. The molecule has 0 nitrogen and oxygen atoms in total. The third-order valence-electron chi connectivity index (χ3n) is 0.941. The highest BCUT2D eigenvalue weighted by atomic mass is 31.2. The number of rotatable bonds is 4. The molecule has 0 unspecified atom stereocenters. The third-order valence-corrected chi connectivity index (χ3v) is 2.82. The second-order valence-corrected chi connectivity index (χ2v) is 7.11. The maximum atomic E-state index is 2.65. The fourth-order valence-electron chi connectivity index (χ4n) is 0.469. The summed E-state index contributed by atoms with van der Waals surface area (Å²) in [5, 5.41) is 0. The molecule has 68 valence electrons. The van der Waals surface area contributed by atoms with Crippen LogP contribution in [0.15, 0.2) is 0 Å². The molecule has 0 N–H and O–H groups in total. The van der Waals surface area contributed by atoms with Crippen LogP contribution < -0.4 is 0 Å². The summed E-state index contributed by atoms with van der Waals surface area (Å²) in [6.07, 6.45) is 6.64. The van der Waals surface area contributed by atoms with Gasteiger partial charge >= 0.3 is 0 Å². The Hall–Kier alpha value is 0.990. The van der Waals surface area contributed by atoms with Crippen molar-refractivity contribution in [3.05, 3.63) is 12.3 Å². The molecule has 0 heterocycles. The molecule has 11 heavy (non-hydrogen) atoms. The van der Waals surface area contributed by atoms with Crippen LogP contribution in [0.25, 0.3) is 0 Å². The average Bonchev–Trinajstić information content (AvgIpc) is 1.55. The van der Waals surface area contributed by atoms with E-state index >= 15 is 0 Å². The predicted molar refractivity (Wildman–Crippen MR) is 70.6 cm³/mol. The van der Waals surface area contributed by atoms with Gasteiger partial charge in [0.1, 0.15) is 0 Å². The standard InChI is InChI=1S/C7H22B2P2/c1-10(2,8)6-5-7-11(3,4)9/h6-7H,5H2,1-4,8-9H3/q-2. The highest BCUT2D eigenvalue weighted by Crippen LogP contribution is 2.55. The first-order chi connectivity index (χ1) is 4.71. The molecule has 0 aliphatic rings. The summed E-state index contributed by atoms with van der Waals surface area (Å²) in [7, 11) is 0.492. The molecular formula is C7H22B2P2-2. The highest BCUT2D eigenvalue weighted by molar-refractivity contribution is 7.98. The summed E-state index contributed by atoms with van der Waals surface area (Å²) < 4.78 is 0. The van der Waals surface area contributed by atoms with Crippen molar-refractivity contribution in [1.82, 2.24) is 0 Å². The Balaban J connectivity index is 3.44. The van der Waals surface area contributed by atoms with Crippen molar-refractivity contribution in [2.45, 2.75) is 6.42 Å². The molecule has 0 saturated heterocycles. The van der Waals surface area contributed by atoms with E-state index in [0.29, 0.717) is 15.1 Å². The van der Waals surface area contributed by atoms with E-state index in [9.17, 15) is 0 Å². The first-order valence-electron chi connectivity index (χ1n) is 3.12. The molecule has 0 amide bonds. The van der Waals surface area contributed by atoms with E-state index in [2.05, 4.69) is 39.0 Å². The number of hydrogen-bond donors (Lipinski definition) is 0. The van der Waals surface area contributed by atoms with Crippen molar-refractivity contribution >= 4 is 29.4 Å². The van der Waals surface area contributed by atoms with Crippen LogP contribution in [0.1, 0.15) is 6.42 Å². The summed E-state index contributed by atoms with van der Waals surface area (Å²) in [5.74, 6) is 0. The largest absolute Gasteiger partial charge is 0.304 e. The third kappa shape index (κ3) is 11.0. The Labute approximate surface area is 75.3 Å². The SMILES string of the molecule is [BH3-][P+](C)(C)[CH-]C[CH-][P+]([BH3-])(C)C. The van der Waals surface area contributed by atoms with E-state index < -0.39 is 0 Å². The molecule has 0 spiro atoms. The minimum absolute atomic E-state index is 0.362. The Morgan fingerprint density at radius 2 is 1.18 bits per heavy atom. The quantitative estimate of drug-likeness (QED) is 0.349. The summed E-state index contributed by atoms with van der Waals surface area (Å²) in [4.78, 5) is 0. The van der Waals surface area contributed by atoms with Crippen LogP contribution in [0, 0.1) is 12.3 Å². The van der Waals surface area contributed by atoms with Crippen LogP contribution in [0.5, 0.6) is 0 Å². The molecule has 0 atom stereocenters. The van der Waals surface area contributed by atoms with Crippen LogP contribution in [0.2, 0.25) is 0 Å². The van der Waals surface area contributed by atoms with Crippen LogP contribution in [0.3, 0.4) is 0 Å². The lowest BCUT2D eigenvalue weighted by molar-refractivity contribution is 1.31. The van der Waals surface area contributed by atoms with Gasteiger partial charge in [-0.2, -0.15) is 0 Å². The zero-order valence-electron chi connectivity index (χ0n) is 6.76. The second kappa shape index (κ2) is 4.29. The Bertz CT molecular complexity index is 98.6. The smallest absolute Gasteiger partial charge is 0.0965 e. The van der Waals surface area contributed by atoms with Gasteiger partial charge in [0.05, 0.1) is 15.1 Å². The Morgan fingerprint density at radius 1 is 0.909 bits per heavy atom. The van der Waals surface area contributed by atoms with Crippen molar-refractivity contribution in [1.29, 1.82) is 0 Å². The van der Waals surface area contributed by atoms with Gasteiger partial charge in [-0.05, 0) is 26.7 Å². The summed E-state index contributed by atoms with van der Waals surface area (Å²) in [6, 6.07) is 0. The molecule has 0 bridgehead atoms. The van der Waals surface area contributed by atoms with Gasteiger partial charge in [0.25, 0.3) is 0 Å². The fourth-order valence-corrected chi connectivity index (χ4v) is 1.69. The van der Waals surface area contributed by atoms with Gasteiger partial charge in [-0.3, -0.25) is 0 Å². The van der Waals surface area contributed by atoms with Gasteiger partial charge in [-0.15, -0.1) is 0 Å². The molecule has 0 radical (unpaired) electrons. The zero-order valence-corrected chi connectivity index (χ0v) is 8.55. The molecule has 0 aromatic rings. The molecule has 4 heteroatoms. The molecule has 0 saturated carbocycles. The first kappa shape index (κ1) is 12.0. The first-order valence-corrected chi connectivity index (χ1v) is 7.73. The summed E-state index contributed by atoms with van der Waals surface area (Å²) >= 11 is 0. The minimum atomic E-state index is -0.362. The minimum Gasteiger partial charge on any atom is -0.304 e. The van der Waals surface area contributed by atoms with Crippen LogP contribution in [-0.2, 0) is 0 Å². The van der Waals surface area contributed by atoms with Crippen molar-refractivity contribution < 1.29 is 0 Å². The van der Waals surface area contributed by atoms with Gasteiger partial charge in [0.15, 0.2) is 0 Å². The molecule has 0 rings (SSSR count). The van der Waals surface area contributed by atoms with Gasteiger partial charge in [0.2, 0.25) is 0 Å². The molecule has 0 aliphatic heterocycles. The van der Waals surface area contributed by atoms with Crippen molar-refractivity contribution in [2.75, 3.05) is 26.7 Å². The van der Waals surface area contributed by atoms with Crippen molar-refractivity contribution in [3.8, 4) is 0 Å². The lowest BCUT2D eigenvalue weighted by Crippen LogP contribution is -1.92. The van der Waals surface area contributed by atoms with E-state index in [1.54, 1.807) is 0 Å². The Kier molecular flexibility index (Phi) is 4.68. The maximum absolute atomic E-state index is 2.65. The van der Waals surface area contributed by atoms with E-state index in [-0.39, 0.29) is 14.3 Å². The molecule has 0 fully saturated rings. The Morgan fingerprint density at radius 3 is 1.36 bits per heavy atom. The molecular weight excluding hydrogens is 168 g/mol. The van der Waals surface area contributed by atoms with E-state index in [1.165, 1.54) is 6.42 Å². The van der Waals surface area contributed by atoms with Gasteiger partial charge in [-0.25, -0.2) is 18.7 Å². The highest BCUT2D eigenvalue weighted by Gasteiger charge is 1.99. The average molecular weight is 190 g/mol. The lowest BCUT2D eigenvalue weighted by Gasteiger charge is -2.38. The van der Waals surface area contributed by atoms with Crippen LogP contribution >= 0.6 is 14.3 Å². The van der Waals surface area contributed by atoms with E-state index in [0.717, 1.165) is 0 Å². The zero-order chi connectivity index (χ0) is 9.12. The molecule has 0 aromatic carbocycles. The normalized spacial score (nSPS) is 13.6. The van der Waals surface area contributed by atoms with E-state index in [1.807, 2.05) is 0 Å². The van der Waals surface area contributed by atoms with Gasteiger partial charge in [-0.1, -0.05) is 0 Å². The number of hydrogen-bond acceptors (Lipinski definition) is 0. The second-order valence-electron chi connectivity index (χ2n) is 2.53. The summed E-state index contributed by atoms with van der Waals surface area (Å²) in [5.41, 5.74) is 0. The fraction of sp³-hybridized carbons (Fsp3) is 0.714. The lowest BCUT2D eigenvalue weighted by atomic mass is 10.6. The predicted octanol–water partition coefficient (Wildman–Crippen LogP) is 0.815. The van der Waals surface area contributed by atoms with Crippen LogP contribution in [-0.4, -0.2) is 41.8 Å². The maximum Gasteiger partial charge on any atom is 0.0965 e. The molecule has 0 aromatic heterocycles. The van der Waals surface area contributed by atoms with Crippen LogP contribution in [0.4, 0.5) is 0 Å². The van der Waals surface area contributed by atoms with Crippen molar-refractivity contribution in [2.24, 2.45) is 0 Å². The topological polar surface area (TPSA) is 0 Å². The van der Waals surface area contributed by atoms with Gasteiger partial charge < -0.3 is 14.3 Å². The van der Waals surface area contributed by atoms with Gasteiger partial charge in [0, 0.05) is 0 Å². The van der Waals surface area contributed by atoms with E-state index in [4.69, 9.17) is 0 Å².